The van der Waals surface area contributed by atoms with Crippen LogP contribution in [0.5, 0.6) is 0 Å². The molecule has 0 amide bonds. The van der Waals surface area contributed by atoms with Crippen LogP contribution in [0.25, 0.3) is 0 Å². The number of nitrogens with one attached hydrogen (secondary N) is 1. The van der Waals surface area contributed by atoms with Crippen LogP contribution in [0.1, 0.15) is 58.8 Å². The Balaban J connectivity index is 2.28. The minimum absolute atomic E-state index is 0.00954. The Kier molecular flexibility index (Phi) is 4.57. The molecule has 0 bridgehead atoms. The predicted molar refractivity (Wildman–Crippen MR) is 84.2 cm³/mol. The molecule has 0 aliphatic rings. The molecule has 2 aromatic rings. The monoisotopic (exact) mass is 305 g/mol. The van der Waals surface area contributed by atoms with Gasteiger partial charge in [0.15, 0.2) is 5.69 Å². The molecule has 2 N–H and O–H groups in total. The highest BCUT2D eigenvalue weighted by atomic mass is 32.1. The molecule has 5 nitrogen and oxygen atoms in total. The van der Waals surface area contributed by atoms with E-state index in [1.165, 1.54) is 4.88 Å². The third-order valence-corrected chi connectivity index (χ3v) is 4.27. The van der Waals surface area contributed by atoms with E-state index >= 15 is 0 Å². The van der Waals surface area contributed by atoms with Crippen molar-refractivity contribution < 1.29 is 9.90 Å². The molecule has 1 atom stereocenters. The Bertz CT molecular complexity index is 652. The molecular formula is C15H19N3O2S. The van der Waals surface area contributed by atoms with Crippen molar-refractivity contribution in [1.82, 2.24) is 9.97 Å². The van der Waals surface area contributed by atoms with Gasteiger partial charge in [-0.15, -0.1) is 11.3 Å². The number of hydrogen-bond donors (Lipinski definition) is 2. The van der Waals surface area contributed by atoms with Gasteiger partial charge in [0.25, 0.3) is 0 Å². The number of hydrogen-bond acceptors (Lipinski definition) is 5. The molecule has 1 unspecified atom stereocenters. The number of aryl methyl sites for hydroxylation is 1. The van der Waals surface area contributed by atoms with Gasteiger partial charge in [-0.2, -0.15) is 0 Å². The van der Waals surface area contributed by atoms with Crippen molar-refractivity contribution in [1.29, 1.82) is 0 Å². The van der Waals surface area contributed by atoms with Gasteiger partial charge >= 0.3 is 5.97 Å². The van der Waals surface area contributed by atoms with Gasteiger partial charge in [-0.05, 0) is 26.0 Å². The molecule has 2 rings (SSSR count). The highest BCUT2D eigenvalue weighted by Crippen LogP contribution is 2.27. The van der Waals surface area contributed by atoms with Gasteiger partial charge in [-0.3, -0.25) is 0 Å². The Morgan fingerprint density at radius 3 is 2.57 bits per heavy atom. The van der Waals surface area contributed by atoms with E-state index in [1.54, 1.807) is 17.5 Å². The van der Waals surface area contributed by atoms with Gasteiger partial charge in [-0.1, -0.05) is 13.8 Å². The van der Waals surface area contributed by atoms with E-state index in [0.717, 1.165) is 4.88 Å². The largest absolute Gasteiger partial charge is 0.476 e. The molecule has 0 spiro atoms. The lowest BCUT2D eigenvalue weighted by molar-refractivity contribution is 0.0691. The zero-order valence-electron chi connectivity index (χ0n) is 12.5. The molecule has 0 saturated heterocycles. The lowest BCUT2D eigenvalue weighted by Gasteiger charge is -2.16. The number of rotatable bonds is 5. The molecule has 21 heavy (non-hydrogen) atoms. The quantitative estimate of drug-likeness (QED) is 0.877. The van der Waals surface area contributed by atoms with E-state index in [0.29, 0.717) is 11.5 Å². The average molecular weight is 305 g/mol. The summed E-state index contributed by atoms with van der Waals surface area (Å²) in [5.41, 5.74) is 0.472. The summed E-state index contributed by atoms with van der Waals surface area (Å²) in [5.74, 6) is -0.413. The third kappa shape index (κ3) is 3.58. The summed E-state index contributed by atoms with van der Waals surface area (Å²) in [7, 11) is 0. The van der Waals surface area contributed by atoms with Crippen LogP contribution in [0.2, 0.25) is 0 Å². The summed E-state index contributed by atoms with van der Waals surface area (Å²) in [6, 6.07) is 4.10. The molecule has 0 aliphatic carbocycles. The summed E-state index contributed by atoms with van der Waals surface area (Å²) in [5, 5.41) is 12.5. The second kappa shape index (κ2) is 6.22. The molecule has 6 heteroatoms. The zero-order valence-corrected chi connectivity index (χ0v) is 13.4. The van der Waals surface area contributed by atoms with Gasteiger partial charge in [-0.25, -0.2) is 14.8 Å². The van der Waals surface area contributed by atoms with E-state index in [4.69, 9.17) is 0 Å². The van der Waals surface area contributed by atoms with Gasteiger partial charge in [0, 0.05) is 15.7 Å². The van der Waals surface area contributed by atoms with Crippen molar-refractivity contribution in [2.24, 2.45) is 0 Å². The second-order valence-electron chi connectivity index (χ2n) is 5.26. The van der Waals surface area contributed by atoms with E-state index in [1.807, 2.05) is 33.8 Å². The van der Waals surface area contributed by atoms with Crippen LogP contribution in [-0.2, 0) is 0 Å². The number of aromatic carboxylic acids is 1. The van der Waals surface area contributed by atoms with Crippen LogP contribution in [0.3, 0.4) is 0 Å². The van der Waals surface area contributed by atoms with E-state index in [9.17, 15) is 9.90 Å². The molecule has 2 heterocycles. The topological polar surface area (TPSA) is 75.1 Å². The van der Waals surface area contributed by atoms with Crippen molar-refractivity contribution in [3.05, 3.63) is 39.6 Å². The smallest absolute Gasteiger partial charge is 0.356 e. The molecule has 0 aromatic carbocycles. The number of carbonyl (C=O) groups is 1. The Morgan fingerprint density at radius 1 is 1.33 bits per heavy atom. The molecule has 0 radical (unpaired) electrons. The summed E-state index contributed by atoms with van der Waals surface area (Å²) in [6.45, 7) is 7.91. The normalized spacial score (nSPS) is 12.4. The predicted octanol–water partition coefficient (Wildman–Crippen LogP) is 3.84. The number of thiophene rings is 1. The number of carboxylic acid groups (broad SMARTS) is 1. The van der Waals surface area contributed by atoms with Gasteiger partial charge in [0.05, 0.1) is 17.9 Å². The lowest BCUT2D eigenvalue weighted by atomic mass is 10.2. The van der Waals surface area contributed by atoms with Gasteiger partial charge in [0.2, 0.25) is 0 Å². The Labute approximate surface area is 128 Å². The van der Waals surface area contributed by atoms with Crippen LogP contribution in [0.4, 0.5) is 5.69 Å². The van der Waals surface area contributed by atoms with Crippen LogP contribution < -0.4 is 5.32 Å². The minimum atomic E-state index is -1.05. The fraction of sp³-hybridized carbons (Fsp3) is 0.400. The first kappa shape index (κ1) is 15.4. The van der Waals surface area contributed by atoms with Crippen molar-refractivity contribution in [2.75, 3.05) is 5.32 Å². The number of carboxylic acids is 1. The molecule has 0 aliphatic heterocycles. The van der Waals surface area contributed by atoms with E-state index in [2.05, 4.69) is 21.4 Å². The zero-order chi connectivity index (χ0) is 15.6. The van der Waals surface area contributed by atoms with Crippen LogP contribution in [0, 0.1) is 6.92 Å². The highest BCUT2D eigenvalue weighted by molar-refractivity contribution is 7.12. The number of anilines is 1. The van der Waals surface area contributed by atoms with Crippen LogP contribution in [0.15, 0.2) is 18.3 Å². The number of aromatic nitrogens is 2. The summed E-state index contributed by atoms with van der Waals surface area (Å²) in [6.07, 6.45) is 1.56. The molecular weight excluding hydrogens is 286 g/mol. The minimum Gasteiger partial charge on any atom is -0.476 e. The van der Waals surface area contributed by atoms with Crippen molar-refractivity contribution in [3.8, 4) is 0 Å². The molecule has 0 saturated carbocycles. The maximum atomic E-state index is 11.4. The molecule has 0 fully saturated rings. The maximum Gasteiger partial charge on any atom is 0.356 e. The molecule has 2 aromatic heterocycles. The maximum absolute atomic E-state index is 11.4. The van der Waals surface area contributed by atoms with Crippen molar-refractivity contribution in [3.63, 3.8) is 0 Å². The summed E-state index contributed by atoms with van der Waals surface area (Å²) >= 11 is 1.69. The molecule has 112 valence electrons. The Hall–Kier alpha value is -1.95. The standard InChI is InChI=1S/C15H19N3O2S/c1-8(2)14-16-7-11(13(18-14)15(19)20)17-10(4)12-6-5-9(3)21-12/h5-8,10,17H,1-4H3,(H,19,20). The first-order valence-corrected chi connectivity index (χ1v) is 7.63. The fourth-order valence-electron chi connectivity index (χ4n) is 1.93. The van der Waals surface area contributed by atoms with Gasteiger partial charge < -0.3 is 10.4 Å². The van der Waals surface area contributed by atoms with E-state index in [-0.39, 0.29) is 17.7 Å². The summed E-state index contributed by atoms with van der Waals surface area (Å²) < 4.78 is 0. The fourth-order valence-corrected chi connectivity index (χ4v) is 2.81. The average Bonchev–Trinajstić information content (AvgIpc) is 2.85. The Morgan fingerprint density at radius 2 is 2.05 bits per heavy atom. The van der Waals surface area contributed by atoms with Gasteiger partial charge in [0.1, 0.15) is 5.82 Å². The highest BCUT2D eigenvalue weighted by Gasteiger charge is 2.18. The lowest BCUT2D eigenvalue weighted by Crippen LogP contribution is -2.14. The van der Waals surface area contributed by atoms with Crippen molar-refractivity contribution in [2.45, 2.75) is 39.7 Å². The SMILES string of the molecule is Cc1ccc(C(C)Nc2cnc(C(C)C)nc2C(=O)O)s1. The first-order chi connectivity index (χ1) is 9.88. The number of nitrogens with zero attached hydrogens (tertiary/aromatic N) is 2. The van der Waals surface area contributed by atoms with Crippen molar-refractivity contribution >= 4 is 23.0 Å². The van der Waals surface area contributed by atoms with E-state index < -0.39 is 5.97 Å². The second-order valence-corrected chi connectivity index (χ2v) is 6.58. The van der Waals surface area contributed by atoms with Crippen LogP contribution in [-0.4, -0.2) is 21.0 Å². The summed E-state index contributed by atoms with van der Waals surface area (Å²) in [4.78, 5) is 22.2. The first-order valence-electron chi connectivity index (χ1n) is 6.81. The third-order valence-electron chi connectivity index (χ3n) is 3.09. The van der Waals surface area contributed by atoms with Crippen LogP contribution >= 0.6 is 11.3 Å².